The van der Waals surface area contributed by atoms with Crippen LogP contribution in [0.4, 0.5) is 0 Å². The number of aryl methyl sites for hydroxylation is 4. The number of imidazole rings is 2. The number of nitrogens with zero attached hydrogens (tertiary/aromatic N) is 4. The molecule has 6 heteroatoms. The number of carbonyl (C=O) groups is 1. The summed E-state index contributed by atoms with van der Waals surface area (Å²) < 4.78 is 4.59. The Hall–Kier alpha value is -4.19. The van der Waals surface area contributed by atoms with Crippen molar-refractivity contribution in [1.29, 1.82) is 0 Å². The van der Waals surface area contributed by atoms with Crippen molar-refractivity contribution < 1.29 is 9.90 Å². The van der Waals surface area contributed by atoms with Crippen molar-refractivity contribution >= 4 is 17.0 Å². The Balaban J connectivity index is 1.42. The van der Waals surface area contributed by atoms with E-state index in [9.17, 15) is 9.90 Å². The maximum Gasteiger partial charge on any atom is 0.336 e. The predicted molar refractivity (Wildman–Crippen MR) is 146 cm³/mol. The van der Waals surface area contributed by atoms with E-state index >= 15 is 0 Å². The summed E-state index contributed by atoms with van der Waals surface area (Å²) in [7, 11) is 0. The van der Waals surface area contributed by atoms with E-state index in [-0.39, 0.29) is 0 Å². The molecule has 0 saturated carbocycles. The molecule has 0 aliphatic carbocycles. The zero-order chi connectivity index (χ0) is 25.5. The van der Waals surface area contributed by atoms with E-state index < -0.39 is 5.97 Å². The molecule has 0 fully saturated rings. The Morgan fingerprint density at radius 3 is 2.68 bits per heavy atom. The van der Waals surface area contributed by atoms with E-state index in [0.29, 0.717) is 12.1 Å². The minimum absolute atomic E-state index is 0.310. The van der Waals surface area contributed by atoms with Gasteiger partial charge >= 0.3 is 5.97 Å². The standard InChI is InChI=1S/C31H30N4O2/c1-3-28-33-30-20(2)15-23(26-19-34-14-7-6-13-29(34)32-26)17-27(30)35(28)18-21-9-8-10-22(16-21)24-11-4-5-12-25(24)31(36)37/h4-5,8-12,15-17,19H,3,6-7,13-14,18H2,1-2H3,(H,36,37). The summed E-state index contributed by atoms with van der Waals surface area (Å²) in [5, 5.41) is 9.67. The molecule has 6 nitrogen and oxygen atoms in total. The highest BCUT2D eigenvalue weighted by Crippen LogP contribution is 2.31. The van der Waals surface area contributed by atoms with Crippen molar-refractivity contribution in [3.05, 3.63) is 95.2 Å². The zero-order valence-electron chi connectivity index (χ0n) is 21.2. The van der Waals surface area contributed by atoms with Gasteiger partial charge in [-0.05, 0) is 66.3 Å². The highest BCUT2D eigenvalue weighted by Gasteiger charge is 2.18. The summed E-state index contributed by atoms with van der Waals surface area (Å²) >= 11 is 0. The molecule has 0 unspecified atom stereocenters. The molecule has 0 radical (unpaired) electrons. The lowest BCUT2D eigenvalue weighted by Crippen LogP contribution is -2.08. The van der Waals surface area contributed by atoms with Crippen LogP contribution in [0.15, 0.2) is 66.9 Å². The van der Waals surface area contributed by atoms with Gasteiger partial charge in [-0.3, -0.25) is 0 Å². The minimum Gasteiger partial charge on any atom is -0.478 e. The molecule has 3 heterocycles. The minimum atomic E-state index is -0.918. The molecule has 0 amide bonds. The smallest absolute Gasteiger partial charge is 0.336 e. The van der Waals surface area contributed by atoms with Crippen molar-refractivity contribution in [2.45, 2.75) is 52.6 Å². The summed E-state index contributed by atoms with van der Waals surface area (Å²) in [6.45, 7) is 5.97. The van der Waals surface area contributed by atoms with Crippen LogP contribution in [0.5, 0.6) is 0 Å². The lowest BCUT2D eigenvalue weighted by molar-refractivity contribution is 0.0697. The summed E-state index contributed by atoms with van der Waals surface area (Å²) in [5.74, 6) is 1.30. The third-order valence-corrected chi connectivity index (χ3v) is 7.38. The molecular formula is C31H30N4O2. The fourth-order valence-electron chi connectivity index (χ4n) is 5.53. The average molecular weight is 491 g/mol. The van der Waals surface area contributed by atoms with Gasteiger partial charge in [-0.2, -0.15) is 0 Å². The largest absolute Gasteiger partial charge is 0.478 e. The highest BCUT2D eigenvalue weighted by molar-refractivity contribution is 5.96. The zero-order valence-corrected chi connectivity index (χ0v) is 21.2. The van der Waals surface area contributed by atoms with Crippen molar-refractivity contribution in [2.75, 3.05) is 0 Å². The van der Waals surface area contributed by atoms with Crippen LogP contribution in [0, 0.1) is 6.92 Å². The van der Waals surface area contributed by atoms with Gasteiger partial charge in [0.25, 0.3) is 0 Å². The first-order valence-electron chi connectivity index (χ1n) is 13.0. The molecule has 0 bridgehead atoms. The molecule has 0 atom stereocenters. The molecule has 2 aromatic heterocycles. The maximum absolute atomic E-state index is 11.8. The van der Waals surface area contributed by atoms with Crippen LogP contribution in [-0.2, 0) is 25.9 Å². The number of hydrogen-bond donors (Lipinski definition) is 1. The van der Waals surface area contributed by atoms with E-state index in [1.807, 2.05) is 24.3 Å². The lowest BCUT2D eigenvalue weighted by atomic mass is 9.98. The van der Waals surface area contributed by atoms with Gasteiger partial charge in [0.15, 0.2) is 0 Å². The number of aromatic nitrogens is 4. The number of hydrogen-bond acceptors (Lipinski definition) is 3. The molecule has 0 saturated heterocycles. The molecule has 1 aliphatic rings. The van der Waals surface area contributed by atoms with Gasteiger partial charge in [0, 0.05) is 37.7 Å². The fraction of sp³-hybridized carbons (Fsp3) is 0.258. The van der Waals surface area contributed by atoms with Crippen molar-refractivity contribution in [3.63, 3.8) is 0 Å². The van der Waals surface area contributed by atoms with Crippen LogP contribution in [-0.4, -0.2) is 30.2 Å². The molecule has 5 aromatic rings. The number of carboxylic acids is 1. The second kappa shape index (κ2) is 9.36. The molecule has 1 N–H and O–H groups in total. The number of aromatic carboxylic acids is 1. The number of benzene rings is 3. The third-order valence-electron chi connectivity index (χ3n) is 7.38. The van der Waals surface area contributed by atoms with Gasteiger partial charge in [-0.25, -0.2) is 14.8 Å². The van der Waals surface area contributed by atoms with E-state index in [0.717, 1.165) is 69.8 Å². The Labute approximate surface area is 216 Å². The Morgan fingerprint density at radius 2 is 1.86 bits per heavy atom. The van der Waals surface area contributed by atoms with Crippen LogP contribution < -0.4 is 0 Å². The van der Waals surface area contributed by atoms with Crippen LogP contribution in [0.2, 0.25) is 0 Å². The van der Waals surface area contributed by atoms with Crippen molar-refractivity contribution in [3.8, 4) is 22.4 Å². The van der Waals surface area contributed by atoms with E-state index in [1.54, 1.807) is 12.1 Å². The Bertz CT molecular complexity index is 1620. The third kappa shape index (κ3) is 4.22. The van der Waals surface area contributed by atoms with E-state index in [4.69, 9.17) is 9.97 Å². The van der Waals surface area contributed by atoms with Crippen LogP contribution in [0.1, 0.15) is 52.9 Å². The quantitative estimate of drug-likeness (QED) is 0.294. The van der Waals surface area contributed by atoms with Gasteiger partial charge in [0.05, 0.1) is 22.3 Å². The maximum atomic E-state index is 11.8. The number of rotatable bonds is 6. The number of carboxylic acid groups (broad SMARTS) is 1. The Morgan fingerprint density at radius 1 is 1.00 bits per heavy atom. The van der Waals surface area contributed by atoms with Gasteiger partial charge in [0.1, 0.15) is 11.6 Å². The first-order chi connectivity index (χ1) is 18.0. The molecule has 37 heavy (non-hydrogen) atoms. The van der Waals surface area contributed by atoms with Gasteiger partial charge in [-0.15, -0.1) is 0 Å². The van der Waals surface area contributed by atoms with Crippen LogP contribution >= 0.6 is 0 Å². The summed E-state index contributed by atoms with van der Waals surface area (Å²) in [5.41, 5.74) is 8.47. The molecular weight excluding hydrogens is 460 g/mol. The second-order valence-corrected chi connectivity index (χ2v) is 9.87. The first kappa shape index (κ1) is 23.2. The summed E-state index contributed by atoms with van der Waals surface area (Å²) in [4.78, 5) is 21.8. The molecule has 3 aromatic carbocycles. The monoisotopic (exact) mass is 490 g/mol. The molecule has 1 aliphatic heterocycles. The topological polar surface area (TPSA) is 72.9 Å². The first-order valence-corrected chi connectivity index (χ1v) is 13.0. The summed E-state index contributed by atoms with van der Waals surface area (Å²) in [6.07, 6.45) is 6.48. The van der Waals surface area contributed by atoms with Crippen molar-refractivity contribution in [1.82, 2.24) is 19.1 Å². The molecule has 0 spiro atoms. The van der Waals surface area contributed by atoms with Gasteiger partial charge in [-0.1, -0.05) is 43.3 Å². The van der Waals surface area contributed by atoms with E-state index in [1.165, 1.54) is 18.7 Å². The predicted octanol–water partition coefficient (Wildman–Crippen LogP) is 6.52. The lowest BCUT2D eigenvalue weighted by Gasteiger charge is -2.12. The molecule has 6 rings (SSSR count). The number of fused-ring (bicyclic) bond motifs is 2. The Kier molecular flexibility index (Phi) is 5.87. The molecule has 186 valence electrons. The summed E-state index contributed by atoms with van der Waals surface area (Å²) in [6, 6.07) is 19.8. The fourth-order valence-corrected chi connectivity index (χ4v) is 5.53. The van der Waals surface area contributed by atoms with Crippen molar-refractivity contribution in [2.24, 2.45) is 0 Å². The second-order valence-electron chi connectivity index (χ2n) is 9.87. The highest BCUT2D eigenvalue weighted by atomic mass is 16.4. The van der Waals surface area contributed by atoms with Gasteiger partial charge < -0.3 is 14.2 Å². The van der Waals surface area contributed by atoms with E-state index in [2.05, 4.69) is 53.4 Å². The van der Waals surface area contributed by atoms with Crippen LogP contribution in [0.25, 0.3) is 33.4 Å². The average Bonchev–Trinajstić information content (AvgIpc) is 3.51. The SMILES string of the molecule is CCc1nc2c(C)cc(-c3cn4c(n3)CCCC4)cc2n1Cc1cccc(-c2ccccc2C(=O)O)c1. The van der Waals surface area contributed by atoms with Crippen LogP contribution in [0.3, 0.4) is 0 Å². The van der Waals surface area contributed by atoms with Gasteiger partial charge in [0.2, 0.25) is 0 Å². The normalized spacial score (nSPS) is 13.1.